The molecule has 2 saturated heterocycles. The van der Waals surface area contributed by atoms with Crippen LogP contribution in [0.5, 0.6) is 0 Å². The lowest BCUT2D eigenvalue weighted by atomic mass is 9.78. The summed E-state index contributed by atoms with van der Waals surface area (Å²) in [5.41, 5.74) is 3.52. The molecule has 5 rings (SSSR count). The number of hydrogen-bond acceptors (Lipinski definition) is 4. The third-order valence-electron chi connectivity index (χ3n) is 8.59. The van der Waals surface area contributed by atoms with E-state index in [0.717, 1.165) is 44.4 Å². The first kappa shape index (κ1) is 22.7. The number of fused-ring (bicyclic) bond motifs is 2. The number of rotatable bonds is 5. The van der Waals surface area contributed by atoms with Gasteiger partial charge in [-0.3, -0.25) is 4.79 Å². The van der Waals surface area contributed by atoms with Crippen LogP contribution < -0.4 is 4.90 Å². The smallest absolute Gasteiger partial charge is 0.223 e. The van der Waals surface area contributed by atoms with Gasteiger partial charge in [0.25, 0.3) is 0 Å². The van der Waals surface area contributed by atoms with Gasteiger partial charge in [0, 0.05) is 60.8 Å². The average Bonchev–Trinajstić information content (AvgIpc) is 3.28. The number of carbonyl (C=O) groups is 1. The number of H-pyrrole nitrogens is 1. The van der Waals surface area contributed by atoms with Gasteiger partial charge in [0.1, 0.15) is 0 Å². The number of hydrogen-bond donors (Lipinski definition) is 3. The van der Waals surface area contributed by atoms with Crippen molar-refractivity contribution in [1.29, 1.82) is 0 Å². The van der Waals surface area contributed by atoms with E-state index in [2.05, 4.69) is 46.1 Å². The van der Waals surface area contributed by atoms with Crippen molar-refractivity contribution in [2.45, 2.75) is 83.0 Å². The minimum Gasteiger partial charge on any atom is -0.371 e. The van der Waals surface area contributed by atoms with Crippen LogP contribution in [0.25, 0.3) is 10.9 Å². The van der Waals surface area contributed by atoms with Gasteiger partial charge >= 0.3 is 0 Å². The maximum atomic E-state index is 13.4. The Morgan fingerprint density at radius 1 is 1.06 bits per heavy atom. The highest BCUT2D eigenvalue weighted by Gasteiger charge is 2.36. The van der Waals surface area contributed by atoms with Crippen LogP contribution in [0.2, 0.25) is 0 Å². The lowest BCUT2D eigenvalue weighted by molar-refractivity contribution is -0.137. The minimum absolute atomic E-state index is 0.0455. The number of aromatic nitrogens is 1. The van der Waals surface area contributed by atoms with Crippen LogP contribution in [-0.4, -0.2) is 58.0 Å². The van der Waals surface area contributed by atoms with Crippen molar-refractivity contribution in [3.63, 3.8) is 0 Å². The molecule has 180 valence electrons. The van der Waals surface area contributed by atoms with Gasteiger partial charge in [-0.2, -0.15) is 0 Å². The first-order chi connectivity index (χ1) is 16.0. The Bertz CT molecular complexity index is 961. The van der Waals surface area contributed by atoms with Gasteiger partial charge < -0.3 is 25.0 Å². The van der Waals surface area contributed by atoms with Crippen molar-refractivity contribution in [3.8, 4) is 0 Å². The summed E-state index contributed by atoms with van der Waals surface area (Å²) in [5, 5.41) is 20.3. The van der Waals surface area contributed by atoms with Gasteiger partial charge in [-0.25, -0.2) is 0 Å². The number of piperidine rings is 2. The standard InChI is InChI=1S/C27H39N3O3/c1-18(16-25(31)30-13-5-7-19-6-2-3-9-23(19)30)21-17-28-22-8-4-10-24(26(21)22)29-14-11-20(12-15-29)27(32)33/h4,8,10,17-20,23,27-28,32-33H,2-3,5-7,9,11-16H2,1H3. The van der Waals surface area contributed by atoms with E-state index in [1.165, 1.54) is 48.7 Å². The fraction of sp³-hybridized carbons (Fsp3) is 0.667. The number of carbonyl (C=O) groups excluding carboxylic acids is 1. The van der Waals surface area contributed by atoms with E-state index in [1.807, 2.05) is 0 Å². The van der Waals surface area contributed by atoms with Gasteiger partial charge in [0.15, 0.2) is 6.29 Å². The molecule has 3 N–H and O–H groups in total. The lowest BCUT2D eigenvalue weighted by Gasteiger charge is -2.44. The molecule has 1 saturated carbocycles. The highest BCUT2D eigenvalue weighted by Crippen LogP contribution is 2.39. The van der Waals surface area contributed by atoms with Gasteiger partial charge in [0.2, 0.25) is 5.91 Å². The molecule has 3 fully saturated rings. The summed E-state index contributed by atoms with van der Waals surface area (Å²) in [6.07, 6.45) is 10.5. The molecular weight excluding hydrogens is 414 g/mol. The van der Waals surface area contributed by atoms with Crippen molar-refractivity contribution in [2.75, 3.05) is 24.5 Å². The summed E-state index contributed by atoms with van der Waals surface area (Å²) < 4.78 is 0. The SMILES string of the molecule is CC(CC(=O)N1CCCC2CCCCC21)c1c[nH]c2cccc(N3CCC(C(O)O)CC3)c12. The summed E-state index contributed by atoms with van der Waals surface area (Å²) in [6.45, 7) is 4.75. The van der Waals surface area contributed by atoms with Gasteiger partial charge in [-0.15, -0.1) is 0 Å². The first-order valence-electron chi connectivity index (χ1n) is 13.0. The third kappa shape index (κ3) is 4.52. The molecule has 3 heterocycles. The number of likely N-dealkylation sites (tertiary alicyclic amines) is 1. The highest BCUT2D eigenvalue weighted by molar-refractivity contribution is 5.96. The Balaban J connectivity index is 1.34. The molecule has 3 unspecified atom stereocenters. The molecule has 2 aromatic rings. The number of amides is 1. The molecule has 1 aliphatic carbocycles. The zero-order valence-corrected chi connectivity index (χ0v) is 19.9. The molecular formula is C27H39N3O3. The average molecular weight is 454 g/mol. The molecule has 1 aromatic heterocycles. The van der Waals surface area contributed by atoms with Crippen molar-refractivity contribution < 1.29 is 15.0 Å². The molecule has 2 aliphatic heterocycles. The zero-order chi connectivity index (χ0) is 22.9. The van der Waals surface area contributed by atoms with E-state index < -0.39 is 6.29 Å². The number of benzene rings is 1. The van der Waals surface area contributed by atoms with Crippen LogP contribution in [0.4, 0.5) is 5.69 Å². The summed E-state index contributed by atoms with van der Waals surface area (Å²) in [6, 6.07) is 6.82. The van der Waals surface area contributed by atoms with E-state index >= 15 is 0 Å². The van der Waals surface area contributed by atoms with Crippen LogP contribution in [-0.2, 0) is 4.79 Å². The fourth-order valence-corrected chi connectivity index (χ4v) is 6.71. The van der Waals surface area contributed by atoms with E-state index in [4.69, 9.17) is 0 Å². The van der Waals surface area contributed by atoms with Crippen LogP contribution in [0, 0.1) is 11.8 Å². The number of nitrogens with zero attached hydrogens (tertiary/aromatic N) is 2. The van der Waals surface area contributed by atoms with Crippen molar-refractivity contribution in [1.82, 2.24) is 9.88 Å². The van der Waals surface area contributed by atoms with Crippen LogP contribution in [0.15, 0.2) is 24.4 Å². The summed E-state index contributed by atoms with van der Waals surface area (Å²) in [4.78, 5) is 21.5. The number of aliphatic hydroxyl groups is 2. The van der Waals surface area contributed by atoms with E-state index in [1.54, 1.807) is 0 Å². The quantitative estimate of drug-likeness (QED) is 0.588. The van der Waals surface area contributed by atoms with Crippen LogP contribution in [0.1, 0.15) is 76.2 Å². The molecule has 1 amide bonds. The zero-order valence-electron chi connectivity index (χ0n) is 19.9. The summed E-state index contributed by atoms with van der Waals surface area (Å²) >= 11 is 0. The second kappa shape index (κ2) is 9.67. The fourth-order valence-electron chi connectivity index (χ4n) is 6.71. The molecule has 1 aromatic carbocycles. The third-order valence-corrected chi connectivity index (χ3v) is 8.59. The largest absolute Gasteiger partial charge is 0.371 e. The Kier molecular flexibility index (Phi) is 6.66. The molecule has 0 radical (unpaired) electrons. The van der Waals surface area contributed by atoms with Crippen molar-refractivity contribution in [3.05, 3.63) is 30.0 Å². The minimum atomic E-state index is -1.23. The molecule has 0 spiro atoms. The Labute approximate surface area is 197 Å². The van der Waals surface area contributed by atoms with E-state index in [-0.39, 0.29) is 11.8 Å². The molecule has 0 bridgehead atoms. The van der Waals surface area contributed by atoms with Gasteiger partial charge in [0.05, 0.1) is 0 Å². The van der Waals surface area contributed by atoms with Crippen molar-refractivity contribution in [2.24, 2.45) is 11.8 Å². The second-order valence-electron chi connectivity index (χ2n) is 10.6. The topological polar surface area (TPSA) is 79.8 Å². The lowest BCUT2D eigenvalue weighted by Crippen LogP contribution is -2.49. The Hall–Kier alpha value is -2.05. The van der Waals surface area contributed by atoms with E-state index in [0.29, 0.717) is 24.3 Å². The monoisotopic (exact) mass is 453 g/mol. The van der Waals surface area contributed by atoms with Crippen molar-refractivity contribution >= 4 is 22.5 Å². The first-order valence-corrected chi connectivity index (χ1v) is 13.0. The molecule has 3 aliphatic rings. The van der Waals surface area contributed by atoms with Crippen LogP contribution in [0.3, 0.4) is 0 Å². The number of aromatic amines is 1. The predicted octanol–water partition coefficient (Wildman–Crippen LogP) is 4.37. The number of nitrogens with one attached hydrogen (secondary N) is 1. The number of aliphatic hydroxyl groups excluding tert-OH is 1. The normalized spacial score (nSPS) is 25.5. The highest BCUT2D eigenvalue weighted by atomic mass is 16.5. The molecule has 6 nitrogen and oxygen atoms in total. The number of anilines is 1. The Morgan fingerprint density at radius 3 is 2.61 bits per heavy atom. The molecule has 33 heavy (non-hydrogen) atoms. The summed E-state index contributed by atoms with van der Waals surface area (Å²) in [5.74, 6) is 1.14. The van der Waals surface area contributed by atoms with Crippen LogP contribution >= 0.6 is 0 Å². The molecule has 6 heteroatoms. The van der Waals surface area contributed by atoms with E-state index in [9.17, 15) is 15.0 Å². The summed E-state index contributed by atoms with van der Waals surface area (Å²) in [7, 11) is 0. The van der Waals surface area contributed by atoms with Gasteiger partial charge in [-0.1, -0.05) is 25.8 Å². The van der Waals surface area contributed by atoms with Gasteiger partial charge in [-0.05, 0) is 68.1 Å². The Morgan fingerprint density at radius 2 is 1.82 bits per heavy atom. The maximum absolute atomic E-state index is 13.4. The maximum Gasteiger partial charge on any atom is 0.223 e. The second-order valence-corrected chi connectivity index (χ2v) is 10.6. The predicted molar refractivity (Wildman–Crippen MR) is 131 cm³/mol. The molecule has 3 atom stereocenters.